The number of nitrogens with zero attached hydrogens (tertiary/aromatic N) is 1. The van der Waals surface area contributed by atoms with Gasteiger partial charge in [0, 0.05) is 6.07 Å². The van der Waals surface area contributed by atoms with Crippen LogP contribution in [-0.2, 0) is 4.74 Å². The fraction of sp³-hybridized carbons (Fsp3) is 0.571. The van der Waals surface area contributed by atoms with Crippen LogP contribution in [0.2, 0.25) is 0 Å². The quantitative estimate of drug-likeness (QED) is 0.475. The lowest BCUT2D eigenvalue weighted by Crippen LogP contribution is -2.35. The van der Waals surface area contributed by atoms with Crippen molar-refractivity contribution >= 4 is 5.97 Å². The van der Waals surface area contributed by atoms with E-state index in [4.69, 9.17) is 9.47 Å². The number of pyridine rings is 1. The lowest BCUT2D eigenvalue weighted by molar-refractivity contribution is -0.608. The van der Waals surface area contributed by atoms with Gasteiger partial charge in [0.05, 0.1) is 12.7 Å². The molecular weight excluding hydrogens is 246 g/mol. The molecule has 0 aliphatic heterocycles. The van der Waals surface area contributed by atoms with Gasteiger partial charge in [-0.25, -0.2) is 4.79 Å². The smallest absolute Gasteiger partial charge is 0.405 e. The molecule has 0 radical (unpaired) electrons. The minimum Gasteiger partial charge on any atom is -0.618 e. The van der Waals surface area contributed by atoms with E-state index in [0.717, 1.165) is 12.8 Å². The van der Waals surface area contributed by atoms with E-state index in [1.165, 1.54) is 31.5 Å². The summed E-state index contributed by atoms with van der Waals surface area (Å²) < 4.78 is 11.1. The van der Waals surface area contributed by atoms with Gasteiger partial charge in [0.2, 0.25) is 6.20 Å². The van der Waals surface area contributed by atoms with Crippen LogP contribution in [-0.4, -0.2) is 18.7 Å². The van der Waals surface area contributed by atoms with Gasteiger partial charge < -0.3 is 14.7 Å². The minimum atomic E-state index is -0.610. The Hall–Kier alpha value is -1.78. The molecule has 5 heteroatoms. The average Bonchev–Trinajstić information content (AvgIpc) is 2.40. The number of carbonyl (C=O) groups is 1. The molecule has 1 heterocycles. The summed E-state index contributed by atoms with van der Waals surface area (Å²) >= 11 is 0. The first-order chi connectivity index (χ1) is 9.20. The van der Waals surface area contributed by atoms with Crippen LogP contribution >= 0.6 is 0 Å². The Balaban J connectivity index is 2.03. The first-order valence-electron chi connectivity index (χ1n) is 6.77. The first kappa shape index (κ1) is 13.6. The Bertz CT molecular complexity index is 441. The van der Waals surface area contributed by atoms with Crippen molar-refractivity contribution < 1.29 is 19.0 Å². The molecule has 0 atom stereocenters. The Labute approximate surface area is 112 Å². The summed E-state index contributed by atoms with van der Waals surface area (Å²) in [6.07, 6.45) is 7.12. The SMILES string of the molecule is CCOC(=O)c1ccc(OC2CCCCC2)c[n+]1[O-]. The second-order valence-electron chi connectivity index (χ2n) is 4.67. The summed E-state index contributed by atoms with van der Waals surface area (Å²) in [7, 11) is 0. The van der Waals surface area contributed by atoms with Crippen molar-refractivity contribution in [3.05, 3.63) is 29.2 Å². The lowest BCUT2D eigenvalue weighted by atomic mass is 9.98. The Morgan fingerprint density at radius 3 is 2.74 bits per heavy atom. The zero-order chi connectivity index (χ0) is 13.7. The third-order valence-corrected chi connectivity index (χ3v) is 3.23. The molecule has 1 aromatic heterocycles. The summed E-state index contributed by atoms with van der Waals surface area (Å²) in [5.41, 5.74) is -0.0159. The Morgan fingerprint density at radius 2 is 2.11 bits per heavy atom. The van der Waals surface area contributed by atoms with Gasteiger partial charge in [-0.3, -0.25) is 0 Å². The fourth-order valence-electron chi connectivity index (χ4n) is 2.27. The van der Waals surface area contributed by atoms with Crippen LogP contribution in [0.5, 0.6) is 5.75 Å². The molecule has 1 saturated carbocycles. The van der Waals surface area contributed by atoms with Crippen molar-refractivity contribution in [2.45, 2.75) is 45.1 Å². The normalized spacial score (nSPS) is 16.1. The van der Waals surface area contributed by atoms with Crippen LogP contribution in [0.25, 0.3) is 0 Å². The van der Waals surface area contributed by atoms with Crippen LogP contribution in [0, 0.1) is 5.21 Å². The summed E-state index contributed by atoms with van der Waals surface area (Å²) in [6, 6.07) is 3.10. The highest BCUT2D eigenvalue weighted by Gasteiger charge is 2.20. The van der Waals surface area contributed by atoms with Gasteiger partial charge in [0.15, 0.2) is 5.75 Å². The maximum atomic E-state index is 11.7. The molecule has 19 heavy (non-hydrogen) atoms. The highest BCUT2D eigenvalue weighted by molar-refractivity contribution is 5.85. The molecule has 0 aromatic carbocycles. The molecular formula is C14H19NO4. The molecule has 1 fully saturated rings. The zero-order valence-electron chi connectivity index (χ0n) is 11.1. The molecule has 0 amide bonds. The second kappa shape index (κ2) is 6.41. The predicted molar refractivity (Wildman–Crippen MR) is 68.9 cm³/mol. The van der Waals surface area contributed by atoms with Crippen molar-refractivity contribution in [2.75, 3.05) is 6.61 Å². The molecule has 1 aliphatic rings. The lowest BCUT2D eigenvalue weighted by Gasteiger charge is -2.22. The van der Waals surface area contributed by atoms with Crippen LogP contribution < -0.4 is 9.47 Å². The minimum absolute atomic E-state index is 0.0159. The summed E-state index contributed by atoms with van der Waals surface area (Å²) in [5, 5.41) is 11.7. The van der Waals surface area contributed by atoms with Crippen molar-refractivity contribution in [2.24, 2.45) is 0 Å². The Kier molecular flexibility index (Phi) is 4.60. The summed E-state index contributed by atoms with van der Waals surface area (Å²) in [6.45, 7) is 1.95. The van der Waals surface area contributed by atoms with Crippen molar-refractivity contribution in [1.82, 2.24) is 0 Å². The summed E-state index contributed by atoms with van der Waals surface area (Å²) in [5.74, 6) is -0.100. The highest BCUT2D eigenvalue weighted by atomic mass is 16.5. The fourth-order valence-corrected chi connectivity index (χ4v) is 2.27. The number of aromatic nitrogens is 1. The third kappa shape index (κ3) is 3.59. The van der Waals surface area contributed by atoms with E-state index in [2.05, 4.69) is 0 Å². The van der Waals surface area contributed by atoms with Gasteiger partial charge >= 0.3 is 11.7 Å². The number of hydrogen-bond donors (Lipinski definition) is 0. The van der Waals surface area contributed by atoms with Crippen LogP contribution in [0.1, 0.15) is 49.5 Å². The molecule has 0 N–H and O–H groups in total. The molecule has 2 rings (SSSR count). The largest absolute Gasteiger partial charge is 0.618 e. The van der Waals surface area contributed by atoms with Gasteiger partial charge in [-0.15, -0.1) is 0 Å². The highest BCUT2D eigenvalue weighted by Crippen LogP contribution is 2.22. The molecule has 1 aromatic rings. The molecule has 5 nitrogen and oxygen atoms in total. The van der Waals surface area contributed by atoms with Crippen molar-refractivity contribution in [3.8, 4) is 5.75 Å². The average molecular weight is 265 g/mol. The van der Waals surface area contributed by atoms with E-state index in [9.17, 15) is 10.0 Å². The van der Waals surface area contributed by atoms with Crippen LogP contribution in [0.15, 0.2) is 18.3 Å². The Morgan fingerprint density at radius 1 is 1.37 bits per heavy atom. The van der Waals surface area contributed by atoms with E-state index >= 15 is 0 Å². The predicted octanol–water partition coefficient (Wildman–Crippen LogP) is 2.21. The maximum Gasteiger partial charge on any atom is 0.405 e. The number of rotatable bonds is 4. The molecule has 0 unspecified atom stereocenters. The van der Waals surface area contributed by atoms with E-state index in [0.29, 0.717) is 10.5 Å². The second-order valence-corrected chi connectivity index (χ2v) is 4.67. The maximum absolute atomic E-state index is 11.7. The number of ether oxygens (including phenoxy) is 2. The molecule has 0 bridgehead atoms. The summed E-state index contributed by atoms with van der Waals surface area (Å²) in [4.78, 5) is 11.5. The van der Waals surface area contributed by atoms with Gasteiger partial charge in [-0.1, -0.05) is 6.42 Å². The van der Waals surface area contributed by atoms with Gasteiger partial charge in [-0.2, -0.15) is 4.73 Å². The van der Waals surface area contributed by atoms with Gasteiger partial charge in [0.25, 0.3) is 0 Å². The monoisotopic (exact) mass is 265 g/mol. The van der Waals surface area contributed by atoms with Crippen LogP contribution in [0.4, 0.5) is 0 Å². The topological polar surface area (TPSA) is 62.5 Å². The van der Waals surface area contributed by atoms with E-state index in [1.54, 1.807) is 13.0 Å². The third-order valence-electron chi connectivity index (χ3n) is 3.23. The van der Waals surface area contributed by atoms with Crippen molar-refractivity contribution in [3.63, 3.8) is 0 Å². The first-order valence-corrected chi connectivity index (χ1v) is 6.77. The van der Waals surface area contributed by atoms with Crippen LogP contribution in [0.3, 0.4) is 0 Å². The molecule has 104 valence electrons. The van der Waals surface area contributed by atoms with E-state index in [-0.39, 0.29) is 18.4 Å². The van der Waals surface area contributed by atoms with Gasteiger partial charge in [0.1, 0.15) is 0 Å². The standard InChI is InChI=1S/C14H19NO4/c1-2-18-14(16)13-9-8-12(10-15(13)17)19-11-6-4-3-5-7-11/h8-11H,2-7H2,1H3. The van der Waals surface area contributed by atoms with Crippen molar-refractivity contribution in [1.29, 1.82) is 0 Å². The molecule has 1 aliphatic carbocycles. The van der Waals surface area contributed by atoms with E-state index in [1.807, 2.05) is 0 Å². The number of esters is 1. The molecule has 0 spiro atoms. The zero-order valence-corrected chi connectivity index (χ0v) is 11.1. The van der Waals surface area contributed by atoms with E-state index < -0.39 is 5.97 Å². The molecule has 0 saturated heterocycles. The van der Waals surface area contributed by atoms with Gasteiger partial charge in [-0.05, 0) is 38.7 Å². The number of carbonyl (C=O) groups excluding carboxylic acids is 1. The number of hydrogen-bond acceptors (Lipinski definition) is 4.